The minimum atomic E-state index is -0.163. The fourth-order valence-electron chi connectivity index (χ4n) is 3.67. The molecule has 1 aliphatic rings. The second-order valence-electron chi connectivity index (χ2n) is 7.01. The van der Waals surface area contributed by atoms with E-state index in [0.717, 1.165) is 16.9 Å². The highest BCUT2D eigenvalue weighted by Gasteiger charge is 2.22. The molecule has 2 heteroatoms. The van der Waals surface area contributed by atoms with Gasteiger partial charge in [-0.2, -0.15) is 0 Å². The summed E-state index contributed by atoms with van der Waals surface area (Å²) in [6, 6.07) is 29.0. The fraction of sp³-hybridized carbons (Fsp3) is 0.111. The summed E-state index contributed by atoms with van der Waals surface area (Å²) in [5, 5.41) is 0. The van der Waals surface area contributed by atoms with Crippen molar-refractivity contribution in [1.82, 2.24) is 0 Å². The molecule has 144 valence electrons. The van der Waals surface area contributed by atoms with Crippen molar-refractivity contribution in [2.24, 2.45) is 5.73 Å². The average Bonchev–Trinajstić information content (AvgIpc) is 2.78. The van der Waals surface area contributed by atoms with Gasteiger partial charge in [0.15, 0.2) is 0 Å². The van der Waals surface area contributed by atoms with Gasteiger partial charge in [0.25, 0.3) is 0 Å². The second kappa shape index (κ2) is 8.76. The van der Waals surface area contributed by atoms with Gasteiger partial charge in [-0.3, -0.25) is 0 Å². The lowest BCUT2D eigenvalue weighted by molar-refractivity contribution is 0.340. The van der Waals surface area contributed by atoms with Gasteiger partial charge in [-0.1, -0.05) is 84.9 Å². The maximum absolute atomic E-state index is 6.56. The third-order valence-corrected chi connectivity index (χ3v) is 5.05. The second-order valence-corrected chi connectivity index (χ2v) is 7.01. The van der Waals surface area contributed by atoms with Crippen LogP contribution in [0.4, 0.5) is 0 Å². The third-order valence-electron chi connectivity index (χ3n) is 5.05. The molecule has 0 spiro atoms. The SMILES string of the molecule is CCOc1ccc(C=C2C(c3ccccc3)=C(c3ccccc3)C=CC2N)cc1. The zero-order valence-corrected chi connectivity index (χ0v) is 16.6. The lowest BCUT2D eigenvalue weighted by Crippen LogP contribution is -2.23. The number of benzene rings is 3. The molecule has 1 atom stereocenters. The topological polar surface area (TPSA) is 35.2 Å². The maximum Gasteiger partial charge on any atom is 0.119 e. The molecule has 0 radical (unpaired) electrons. The quantitative estimate of drug-likeness (QED) is 0.592. The van der Waals surface area contributed by atoms with E-state index in [1.165, 1.54) is 22.3 Å². The van der Waals surface area contributed by atoms with Crippen LogP contribution in [0.3, 0.4) is 0 Å². The van der Waals surface area contributed by atoms with Gasteiger partial charge in [0, 0.05) is 6.04 Å². The van der Waals surface area contributed by atoms with Crippen LogP contribution >= 0.6 is 0 Å². The predicted octanol–water partition coefficient (Wildman–Crippen LogP) is 5.98. The van der Waals surface area contributed by atoms with Gasteiger partial charge in [0.2, 0.25) is 0 Å². The lowest BCUT2D eigenvalue weighted by Gasteiger charge is -2.25. The Balaban J connectivity index is 1.86. The van der Waals surface area contributed by atoms with E-state index in [1.54, 1.807) is 0 Å². The Kier molecular flexibility index (Phi) is 5.73. The molecular weight excluding hydrogens is 354 g/mol. The molecule has 1 aliphatic carbocycles. The van der Waals surface area contributed by atoms with Crippen molar-refractivity contribution in [2.75, 3.05) is 6.61 Å². The monoisotopic (exact) mass is 379 g/mol. The van der Waals surface area contributed by atoms with E-state index in [-0.39, 0.29) is 6.04 Å². The van der Waals surface area contributed by atoms with Crippen LogP contribution < -0.4 is 10.5 Å². The van der Waals surface area contributed by atoms with Crippen LogP contribution in [0.1, 0.15) is 23.6 Å². The summed E-state index contributed by atoms with van der Waals surface area (Å²) in [5.74, 6) is 0.881. The van der Waals surface area contributed by atoms with Crippen molar-refractivity contribution in [1.29, 1.82) is 0 Å². The van der Waals surface area contributed by atoms with E-state index < -0.39 is 0 Å². The molecule has 0 fully saturated rings. The van der Waals surface area contributed by atoms with Gasteiger partial charge < -0.3 is 10.5 Å². The highest BCUT2D eigenvalue weighted by atomic mass is 16.5. The van der Waals surface area contributed by atoms with Gasteiger partial charge in [-0.05, 0) is 58.5 Å². The molecule has 1 unspecified atom stereocenters. The molecule has 2 nitrogen and oxygen atoms in total. The van der Waals surface area contributed by atoms with E-state index in [1.807, 2.05) is 31.2 Å². The fourth-order valence-corrected chi connectivity index (χ4v) is 3.67. The number of rotatable bonds is 5. The van der Waals surface area contributed by atoms with Crippen molar-refractivity contribution in [3.8, 4) is 5.75 Å². The first-order valence-corrected chi connectivity index (χ1v) is 10.00. The summed E-state index contributed by atoms with van der Waals surface area (Å²) in [6.45, 7) is 2.66. The predicted molar refractivity (Wildman–Crippen MR) is 122 cm³/mol. The number of ether oxygens (including phenoxy) is 1. The van der Waals surface area contributed by atoms with E-state index in [9.17, 15) is 0 Å². The van der Waals surface area contributed by atoms with Crippen LogP contribution in [0.25, 0.3) is 17.2 Å². The Hall–Kier alpha value is -3.36. The molecular formula is C27H25NO. The van der Waals surface area contributed by atoms with Gasteiger partial charge in [0.05, 0.1) is 6.61 Å². The first kappa shape index (κ1) is 19.0. The number of nitrogens with two attached hydrogens (primary N) is 1. The number of hydrogen-bond donors (Lipinski definition) is 1. The Bertz CT molecular complexity index is 1040. The molecule has 29 heavy (non-hydrogen) atoms. The molecule has 0 aromatic heterocycles. The van der Waals surface area contributed by atoms with Crippen LogP contribution in [0.2, 0.25) is 0 Å². The highest BCUT2D eigenvalue weighted by molar-refractivity contribution is 6.06. The van der Waals surface area contributed by atoms with Gasteiger partial charge in [-0.15, -0.1) is 0 Å². The summed E-state index contributed by atoms with van der Waals surface area (Å²) in [5.41, 5.74) is 13.5. The number of allylic oxidation sites excluding steroid dienone is 2. The Morgan fingerprint density at radius 3 is 2.07 bits per heavy atom. The molecule has 4 rings (SSSR count). The summed E-state index contributed by atoms with van der Waals surface area (Å²) >= 11 is 0. The molecule has 3 aromatic carbocycles. The minimum absolute atomic E-state index is 0.163. The largest absolute Gasteiger partial charge is 0.494 e. The van der Waals surface area contributed by atoms with Crippen LogP contribution in [0, 0.1) is 0 Å². The van der Waals surface area contributed by atoms with Crippen LogP contribution in [0.15, 0.2) is 103 Å². The van der Waals surface area contributed by atoms with Crippen LogP contribution in [-0.4, -0.2) is 12.6 Å². The zero-order chi connectivity index (χ0) is 20.1. The first-order chi connectivity index (χ1) is 14.3. The third kappa shape index (κ3) is 4.23. The summed E-state index contributed by atoms with van der Waals surface area (Å²) in [7, 11) is 0. The molecule has 0 heterocycles. The Morgan fingerprint density at radius 2 is 1.45 bits per heavy atom. The minimum Gasteiger partial charge on any atom is -0.494 e. The standard InChI is InChI=1S/C27H25NO/c1-2-29-23-15-13-20(14-16-23)19-25-26(28)18-17-24(21-9-5-3-6-10-21)27(25)22-11-7-4-8-12-22/h3-19,26H,2,28H2,1H3. The number of hydrogen-bond acceptors (Lipinski definition) is 2. The van der Waals surface area contributed by atoms with E-state index in [4.69, 9.17) is 10.5 Å². The molecule has 0 amide bonds. The Labute approximate surface area is 172 Å². The van der Waals surface area contributed by atoms with Gasteiger partial charge in [0.1, 0.15) is 5.75 Å². The summed E-state index contributed by atoms with van der Waals surface area (Å²) in [6.07, 6.45) is 6.42. The molecule has 3 aromatic rings. The molecule has 0 aliphatic heterocycles. The summed E-state index contributed by atoms with van der Waals surface area (Å²) in [4.78, 5) is 0. The van der Waals surface area contributed by atoms with Crippen molar-refractivity contribution < 1.29 is 4.74 Å². The first-order valence-electron chi connectivity index (χ1n) is 10.00. The molecule has 2 N–H and O–H groups in total. The Morgan fingerprint density at radius 1 is 0.828 bits per heavy atom. The van der Waals surface area contributed by atoms with Crippen molar-refractivity contribution in [3.05, 3.63) is 119 Å². The zero-order valence-electron chi connectivity index (χ0n) is 16.6. The average molecular weight is 380 g/mol. The van der Waals surface area contributed by atoms with Gasteiger partial charge in [-0.25, -0.2) is 0 Å². The molecule has 0 saturated heterocycles. The van der Waals surface area contributed by atoms with E-state index in [2.05, 4.69) is 78.9 Å². The highest BCUT2D eigenvalue weighted by Crippen LogP contribution is 2.38. The van der Waals surface area contributed by atoms with Gasteiger partial charge >= 0.3 is 0 Å². The lowest BCUT2D eigenvalue weighted by atomic mass is 9.81. The van der Waals surface area contributed by atoms with Crippen molar-refractivity contribution >= 4 is 17.2 Å². The van der Waals surface area contributed by atoms with Crippen molar-refractivity contribution in [2.45, 2.75) is 13.0 Å². The van der Waals surface area contributed by atoms with E-state index >= 15 is 0 Å². The maximum atomic E-state index is 6.56. The molecule has 0 bridgehead atoms. The normalized spacial score (nSPS) is 17.6. The van der Waals surface area contributed by atoms with Crippen molar-refractivity contribution in [3.63, 3.8) is 0 Å². The summed E-state index contributed by atoms with van der Waals surface area (Å²) < 4.78 is 5.57. The van der Waals surface area contributed by atoms with E-state index in [0.29, 0.717) is 6.61 Å². The smallest absolute Gasteiger partial charge is 0.119 e. The molecule has 0 saturated carbocycles. The van der Waals surface area contributed by atoms with Crippen LogP contribution in [0.5, 0.6) is 5.75 Å². The van der Waals surface area contributed by atoms with Crippen LogP contribution in [-0.2, 0) is 0 Å².